The molecule has 0 bridgehead atoms. The van der Waals surface area contributed by atoms with Gasteiger partial charge in [0.25, 0.3) is 0 Å². The summed E-state index contributed by atoms with van der Waals surface area (Å²) in [5.74, 6) is 1.08. The van der Waals surface area contributed by atoms with Crippen LogP contribution in [0.3, 0.4) is 0 Å². The predicted molar refractivity (Wildman–Crippen MR) is 76.5 cm³/mol. The maximum absolute atomic E-state index is 11.3. The summed E-state index contributed by atoms with van der Waals surface area (Å²) in [6.45, 7) is 5.97. The Morgan fingerprint density at radius 3 is 2.68 bits per heavy atom. The first-order valence-corrected chi connectivity index (χ1v) is 6.94. The average molecular weight is 262 g/mol. The Morgan fingerprint density at radius 1 is 1.37 bits per heavy atom. The highest BCUT2D eigenvalue weighted by atomic mass is 16.5. The molecule has 1 aromatic carbocycles. The Labute approximate surface area is 114 Å². The van der Waals surface area contributed by atoms with Gasteiger partial charge in [0, 0.05) is 26.1 Å². The number of carbonyl (C=O) groups excluding carboxylic acids is 1. The van der Waals surface area contributed by atoms with Crippen LogP contribution in [-0.2, 0) is 4.79 Å². The van der Waals surface area contributed by atoms with Gasteiger partial charge in [-0.3, -0.25) is 4.79 Å². The first-order valence-electron chi connectivity index (χ1n) is 6.94. The van der Waals surface area contributed by atoms with Gasteiger partial charge in [-0.1, -0.05) is 12.1 Å². The molecule has 1 fully saturated rings. The highest BCUT2D eigenvalue weighted by Crippen LogP contribution is 2.26. The first kappa shape index (κ1) is 13.7. The molecule has 0 aromatic heterocycles. The van der Waals surface area contributed by atoms with Crippen molar-refractivity contribution in [2.45, 2.75) is 32.7 Å². The molecule has 1 aliphatic heterocycles. The largest absolute Gasteiger partial charge is 0.492 e. The van der Waals surface area contributed by atoms with E-state index in [1.807, 2.05) is 36.1 Å². The van der Waals surface area contributed by atoms with Crippen molar-refractivity contribution in [1.29, 1.82) is 0 Å². The SMILES string of the molecule is CCOc1ccccc1NC1CCN(C(C)=O)CC1. The molecule has 19 heavy (non-hydrogen) atoms. The van der Waals surface area contributed by atoms with Gasteiger partial charge in [-0.15, -0.1) is 0 Å². The highest BCUT2D eigenvalue weighted by molar-refractivity contribution is 5.73. The van der Waals surface area contributed by atoms with Gasteiger partial charge in [0.1, 0.15) is 5.75 Å². The summed E-state index contributed by atoms with van der Waals surface area (Å²) in [5.41, 5.74) is 1.05. The zero-order valence-corrected chi connectivity index (χ0v) is 11.7. The molecule has 0 spiro atoms. The van der Waals surface area contributed by atoms with E-state index >= 15 is 0 Å². The molecule has 1 aromatic rings. The number of piperidine rings is 1. The van der Waals surface area contributed by atoms with Crippen LogP contribution in [0.4, 0.5) is 5.69 Å². The normalized spacial score (nSPS) is 16.2. The molecular formula is C15H22N2O2. The Balaban J connectivity index is 1.93. The predicted octanol–water partition coefficient (Wildman–Crippen LogP) is 2.51. The molecule has 1 N–H and O–H groups in total. The van der Waals surface area contributed by atoms with Crippen molar-refractivity contribution >= 4 is 11.6 Å². The van der Waals surface area contributed by atoms with Crippen molar-refractivity contribution in [2.75, 3.05) is 25.0 Å². The van der Waals surface area contributed by atoms with E-state index in [4.69, 9.17) is 4.74 Å². The minimum absolute atomic E-state index is 0.174. The fraction of sp³-hybridized carbons (Fsp3) is 0.533. The van der Waals surface area contributed by atoms with Crippen LogP contribution in [0, 0.1) is 0 Å². The topological polar surface area (TPSA) is 41.6 Å². The maximum atomic E-state index is 11.3. The van der Waals surface area contributed by atoms with Crippen LogP contribution in [0.15, 0.2) is 24.3 Å². The minimum Gasteiger partial charge on any atom is -0.492 e. The second-order valence-electron chi connectivity index (χ2n) is 4.85. The highest BCUT2D eigenvalue weighted by Gasteiger charge is 2.21. The molecule has 2 rings (SSSR count). The number of likely N-dealkylation sites (tertiary alicyclic amines) is 1. The summed E-state index contributed by atoms with van der Waals surface area (Å²) in [6.07, 6.45) is 1.97. The summed E-state index contributed by atoms with van der Waals surface area (Å²) in [5, 5.41) is 3.53. The lowest BCUT2D eigenvalue weighted by molar-refractivity contribution is -0.129. The van der Waals surface area contributed by atoms with Crippen molar-refractivity contribution < 1.29 is 9.53 Å². The lowest BCUT2D eigenvalue weighted by Gasteiger charge is -2.32. The number of carbonyl (C=O) groups is 1. The maximum Gasteiger partial charge on any atom is 0.219 e. The number of rotatable bonds is 4. The Morgan fingerprint density at radius 2 is 2.05 bits per heavy atom. The Hall–Kier alpha value is -1.71. The quantitative estimate of drug-likeness (QED) is 0.906. The van der Waals surface area contributed by atoms with Gasteiger partial charge in [0.05, 0.1) is 12.3 Å². The Bertz CT molecular complexity index is 426. The number of nitrogens with one attached hydrogen (secondary N) is 1. The fourth-order valence-corrected chi connectivity index (χ4v) is 2.43. The number of amides is 1. The van der Waals surface area contributed by atoms with E-state index in [0.29, 0.717) is 12.6 Å². The molecule has 0 atom stereocenters. The van der Waals surface area contributed by atoms with E-state index in [0.717, 1.165) is 37.4 Å². The lowest BCUT2D eigenvalue weighted by Crippen LogP contribution is -2.41. The van der Waals surface area contributed by atoms with Crippen molar-refractivity contribution in [3.63, 3.8) is 0 Å². The van der Waals surface area contributed by atoms with E-state index in [9.17, 15) is 4.79 Å². The monoisotopic (exact) mass is 262 g/mol. The van der Waals surface area contributed by atoms with Crippen LogP contribution < -0.4 is 10.1 Å². The van der Waals surface area contributed by atoms with Crippen LogP contribution >= 0.6 is 0 Å². The molecule has 1 aliphatic rings. The van der Waals surface area contributed by atoms with Gasteiger partial charge in [-0.25, -0.2) is 0 Å². The van der Waals surface area contributed by atoms with Gasteiger partial charge in [-0.05, 0) is 31.9 Å². The zero-order valence-electron chi connectivity index (χ0n) is 11.7. The molecule has 1 amide bonds. The van der Waals surface area contributed by atoms with Crippen molar-refractivity contribution in [3.8, 4) is 5.75 Å². The summed E-state index contributed by atoms with van der Waals surface area (Å²) in [6, 6.07) is 8.43. The second kappa shape index (κ2) is 6.45. The van der Waals surface area contributed by atoms with Crippen LogP contribution in [-0.4, -0.2) is 36.5 Å². The van der Waals surface area contributed by atoms with E-state index in [-0.39, 0.29) is 5.91 Å². The van der Waals surface area contributed by atoms with E-state index < -0.39 is 0 Å². The number of hydrogen-bond acceptors (Lipinski definition) is 3. The summed E-state index contributed by atoms with van der Waals surface area (Å²) in [7, 11) is 0. The van der Waals surface area contributed by atoms with Gasteiger partial charge in [0.15, 0.2) is 0 Å². The fourth-order valence-electron chi connectivity index (χ4n) is 2.43. The standard InChI is InChI=1S/C15H22N2O2/c1-3-19-15-7-5-4-6-14(15)16-13-8-10-17(11-9-13)12(2)18/h4-7,13,16H,3,8-11H2,1-2H3. The van der Waals surface area contributed by atoms with Crippen LogP contribution in [0.2, 0.25) is 0 Å². The molecule has 0 saturated carbocycles. The second-order valence-corrected chi connectivity index (χ2v) is 4.85. The number of hydrogen-bond donors (Lipinski definition) is 1. The number of anilines is 1. The molecule has 0 aliphatic carbocycles. The van der Waals surface area contributed by atoms with Crippen LogP contribution in [0.25, 0.3) is 0 Å². The average Bonchev–Trinajstić information content (AvgIpc) is 2.42. The molecule has 1 saturated heterocycles. The summed E-state index contributed by atoms with van der Waals surface area (Å²) in [4.78, 5) is 13.2. The van der Waals surface area contributed by atoms with Crippen LogP contribution in [0.1, 0.15) is 26.7 Å². The third-order valence-electron chi connectivity index (χ3n) is 3.49. The molecule has 104 valence electrons. The van der Waals surface area contributed by atoms with E-state index in [1.165, 1.54) is 0 Å². The number of nitrogens with zero attached hydrogens (tertiary/aromatic N) is 1. The van der Waals surface area contributed by atoms with E-state index in [2.05, 4.69) is 5.32 Å². The lowest BCUT2D eigenvalue weighted by atomic mass is 10.0. The third-order valence-corrected chi connectivity index (χ3v) is 3.49. The number of para-hydroxylation sites is 2. The number of ether oxygens (including phenoxy) is 1. The molecule has 1 heterocycles. The Kier molecular flexibility index (Phi) is 4.66. The van der Waals surface area contributed by atoms with Crippen LogP contribution in [0.5, 0.6) is 5.75 Å². The molecule has 0 radical (unpaired) electrons. The van der Waals surface area contributed by atoms with E-state index in [1.54, 1.807) is 6.92 Å². The number of benzene rings is 1. The molecule has 4 heteroatoms. The minimum atomic E-state index is 0.174. The van der Waals surface area contributed by atoms with Gasteiger partial charge < -0.3 is 15.0 Å². The first-order chi connectivity index (χ1) is 9.20. The van der Waals surface area contributed by atoms with Crippen molar-refractivity contribution in [1.82, 2.24) is 4.90 Å². The van der Waals surface area contributed by atoms with Gasteiger partial charge in [0.2, 0.25) is 5.91 Å². The molecule has 0 unspecified atom stereocenters. The van der Waals surface area contributed by atoms with Gasteiger partial charge in [-0.2, -0.15) is 0 Å². The van der Waals surface area contributed by atoms with Gasteiger partial charge >= 0.3 is 0 Å². The van der Waals surface area contributed by atoms with Crippen molar-refractivity contribution in [2.24, 2.45) is 0 Å². The molecule has 4 nitrogen and oxygen atoms in total. The zero-order chi connectivity index (χ0) is 13.7. The van der Waals surface area contributed by atoms with Crippen molar-refractivity contribution in [3.05, 3.63) is 24.3 Å². The molecular weight excluding hydrogens is 240 g/mol. The summed E-state index contributed by atoms with van der Waals surface area (Å²) >= 11 is 0. The third kappa shape index (κ3) is 3.63. The smallest absolute Gasteiger partial charge is 0.219 e. The summed E-state index contributed by atoms with van der Waals surface area (Å²) < 4.78 is 5.61.